The lowest BCUT2D eigenvalue weighted by molar-refractivity contribution is -0.139. The molecule has 112 valence electrons. The van der Waals surface area contributed by atoms with Gasteiger partial charge in [-0.05, 0) is 5.56 Å². The van der Waals surface area contributed by atoms with E-state index >= 15 is 0 Å². The number of benzene rings is 1. The monoisotopic (exact) mass is 289 g/mol. The first-order chi connectivity index (χ1) is 9.88. The Balaban J connectivity index is 2.06. The number of carbonyl (C=O) groups is 1. The molecule has 0 fully saturated rings. The number of hydrogen-bond donors (Lipinski definition) is 2. The van der Waals surface area contributed by atoms with Crippen molar-refractivity contribution in [2.45, 2.75) is 38.8 Å². The van der Waals surface area contributed by atoms with Gasteiger partial charge >= 0.3 is 5.97 Å². The van der Waals surface area contributed by atoms with Crippen LogP contribution in [-0.2, 0) is 16.8 Å². The number of aliphatic carboxylic acids is 1. The van der Waals surface area contributed by atoms with Crippen LogP contribution < -0.4 is 5.32 Å². The molecule has 0 unspecified atom stereocenters. The lowest BCUT2D eigenvalue weighted by Gasteiger charge is -2.13. The molecule has 0 saturated carbocycles. The second-order valence-electron chi connectivity index (χ2n) is 5.83. The van der Waals surface area contributed by atoms with E-state index in [2.05, 4.69) is 15.5 Å². The summed E-state index contributed by atoms with van der Waals surface area (Å²) in [5.74, 6) is 0.0359. The Labute approximate surface area is 123 Å². The average Bonchev–Trinajstić information content (AvgIpc) is 2.88. The van der Waals surface area contributed by atoms with Gasteiger partial charge in [-0.15, -0.1) is 0 Å². The molecule has 2 rings (SSSR count). The van der Waals surface area contributed by atoms with Gasteiger partial charge < -0.3 is 9.63 Å². The van der Waals surface area contributed by atoms with Crippen molar-refractivity contribution < 1.29 is 14.4 Å². The van der Waals surface area contributed by atoms with Gasteiger partial charge in [0.05, 0.1) is 6.54 Å². The number of hydrogen-bond acceptors (Lipinski definition) is 5. The van der Waals surface area contributed by atoms with Gasteiger partial charge in [0, 0.05) is 5.41 Å². The zero-order valence-corrected chi connectivity index (χ0v) is 12.3. The molecule has 1 aromatic carbocycles. The van der Waals surface area contributed by atoms with E-state index in [-0.39, 0.29) is 12.0 Å². The van der Waals surface area contributed by atoms with E-state index in [1.165, 1.54) is 0 Å². The summed E-state index contributed by atoms with van der Waals surface area (Å²) in [5.41, 5.74) is 0.459. The third-order valence-electron chi connectivity index (χ3n) is 2.95. The third kappa shape index (κ3) is 3.88. The Morgan fingerprint density at radius 1 is 1.33 bits per heavy atom. The van der Waals surface area contributed by atoms with Crippen LogP contribution in [0, 0.1) is 0 Å². The van der Waals surface area contributed by atoms with Crippen LogP contribution in [0.1, 0.15) is 44.1 Å². The molecule has 0 bridgehead atoms. The zero-order valence-electron chi connectivity index (χ0n) is 12.3. The molecule has 2 aromatic rings. The summed E-state index contributed by atoms with van der Waals surface area (Å²) in [6.45, 7) is 6.15. The van der Waals surface area contributed by atoms with Gasteiger partial charge in [0.1, 0.15) is 6.04 Å². The highest BCUT2D eigenvalue weighted by molar-refractivity contribution is 5.75. The average molecular weight is 289 g/mol. The van der Waals surface area contributed by atoms with Crippen molar-refractivity contribution in [2.24, 2.45) is 0 Å². The molecule has 0 aliphatic heterocycles. The Morgan fingerprint density at radius 2 is 2.00 bits per heavy atom. The second-order valence-corrected chi connectivity index (χ2v) is 5.83. The van der Waals surface area contributed by atoms with E-state index in [1.807, 2.05) is 26.8 Å². The number of aromatic nitrogens is 2. The quantitative estimate of drug-likeness (QED) is 0.878. The highest BCUT2D eigenvalue weighted by Gasteiger charge is 2.23. The fraction of sp³-hybridized carbons (Fsp3) is 0.400. The standard InChI is InChI=1S/C15H19N3O3/c1-15(2,3)14-17-11(18-21-14)9-16-12(13(19)20)10-7-5-4-6-8-10/h4-8,12,16H,9H2,1-3H3,(H,19,20)/t12-/m1/s1. The minimum atomic E-state index is -0.944. The fourth-order valence-electron chi connectivity index (χ4n) is 1.82. The van der Waals surface area contributed by atoms with Gasteiger partial charge in [0.25, 0.3) is 0 Å². The number of rotatable bonds is 5. The number of carboxylic acid groups (broad SMARTS) is 1. The summed E-state index contributed by atoms with van der Waals surface area (Å²) in [6, 6.07) is 8.18. The SMILES string of the molecule is CC(C)(C)c1nc(CN[C@@H](C(=O)O)c2ccccc2)no1. The van der Waals surface area contributed by atoms with Crippen molar-refractivity contribution >= 4 is 5.97 Å². The van der Waals surface area contributed by atoms with Gasteiger partial charge in [-0.3, -0.25) is 10.1 Å². The summed E-state index contributed by atoms with van der Waals surface area (Å²) in [7, 11) is 0. The minimum Gasteiger partial charge on any atom is -0.480 e. The topological polar surface area (TPSA) is 88.2 Å². The molecular formula is C15H19N3O3. The molecule has 0 radical (unpaired) electrons. The molecule has 1 heterocycles. The predicted octanol–water partition coefficient (Wildman–Crippen LogP) is 2.28. The molecule has 0 spiro atoms. The van der Waals surface area contributed by atoms with Gasteiger partial charge in [-0.1, -0.05) is 56.3 Å². The van der Waals surface area contributed by atoms with Crippen molar-refractivity contribution in [1.29, 1.82) is 0 Å². The molecule has 0 amide bonds. The molecule has 0 aliphatic carbocycles. The van der Waals surface area contributed by atoms with Crippen LogP contribution in [0.4, 0.5) is 0 Å². The van der Waals surface area contributed by atoms with E-state index in [0.29, 0.717) is 17.3 Å². The van der Waals surface area contributed by atoms with Crippen molar-refractivity contribution in [3.8, 4) is 0 Å². The van der Waals surface area contributed by atoms with Crippen molar-refractivity contribution in [2.75, 3.05) is 0 Å². The molecular weight excluding hydrogens is 270 g/mol. The number of nitrogens with zero attached hydrogens (tertiary/aromatic N) is 2. The largest absolute Gasteiger partial charge is 0.480 e. The highest BCUT2D eigenvalue weighted by Crippen LogP contribution is 2.20. The van der Waals surface area contributed by atoms with Gasteiger partial charge in [-0.2, -0.15) is 4.98 Å². The molecule has 21 heavy (non-hydrogen) atoms. The lowest BCUT2D eigenvalue weighted by atomic mass is 9.97. The zero-order chi connectivity index (χ0) is 15.5. The Hall–Kier alpha value is -2.21. The Kier molecular flexibility index (Phi) is 4.37. The van der Waals surface area contributed by atoms with Crippen LogP contribution in [0.5, 0.6) is 0 Å². The maximum absolute atomic E-state index is 11.4. The second kappa shape index (κ2) is 6.05. The predicted molar refractivity (Wildman–Crippen MR) is 76.7 cm³/mol. The molecule has 6 heteroatoms. The van der Waals surface area contributed by atoms with E-state index < -0.39 is 12.0 Å². The summed E-state index contributed by atoms with van der Waals surface area (Å²) in [5, 5.41) is 16.1. The summed E-state index contributed by atoms with van der Waals surface area (Å²) in [6.07, 6.45) is 0. The summed E-state index contributed by atoms with van der Waals surface area (Å²) >= 11 is 0. The van der Waals surface area contributed by atoms with E-state index in [1.54, 1.807) is 24.3 Å². The molecule has 1 aromatic heterocycles. The van der Waals surface area contributed by atoms with Gasteiger partial charge in [0.2, 0.25) is 5.89 Å². The van der Waals surface area contributed by atoms with Crippen molar-refractivity contribution in [1.82, 2.24) is 15.5 Å². The maximum Gasteiger partial charge on any atom is 0.325 e. The summed E-state index contributed by atoms with van der Waals surface area (Å²) in [4.78, 5) is 15.6. The highest BCUT2D eigenvalue weighted by atomic mass is 16.5. The number of carboxylic acids is 1. The first-order valence-corrected chi connectivity index (χ1v) is 6.72. The Bertz CT molecular complexity index is 602. The minimum absolute atomic E-state index is 0.225. The van der Waals surface area contributed by atoms with E-state index in [4.69, 9.17) is 4.52 Å². The van der Waals surface area contributed by atoms with Gasteiger partial charge in [0.15, 0.2) is 5.82 Å². The molecule has 0 aliphatic rings. The van der Waals surface area contributed by atoms with Crippen LogP contribution in [0.2, 0.25) is 0 Å². The van der Waals surface area contributed by atoms with Crippen molar-refractivity contribution in [3.05, 3.63) is 47.6 Å². The lowest BCUT2D eigenvalue weighted by Crippen LogP contribution is -2.28. The van der Waals surface area contributed by atoms with Crippen LogP contribution in [0.3, 0.4) is 0 Å². The number of nitrogens with one attached hydrogen (secondary N) is 1. The molecule has 1 atom stereocenters. The maximum atomic E-state index is 11.4. The van der Waals surface area contributed by atoms with Crippen LogP contribution in [-0.4, -0.2) is 21.2 Å². The Morgan fingerprint density at radius 3 is 2.52 bits per heavy atom. The third-order valence-corrected chi connectivity index (χ3v) is 2.95. The van der Waals surface area contributed by atoms with Crippen molar-refractivity contribution in [3.63, 3.8) is 0 Å². The van der Waals surface area contributed by atoms with Crippen LogP contribution >= 0.6 is 0 Å². The first kappa shape index (κ1) is 15.2. The van der Waals surface area contributed by atoms with Crippen LogP contribution in [0.25, 0.3) is 0 Å². The molecule has 2 N–H and O–H groups in total. The van der Waals surface area contributed by atoms with Crippen LogP contribution in [0.15, 0.2) is 34.9 Å². The summed E-state index contributed by atoms with van der Waals surface area (Å²) < 4.78 is 5.18. The smallest absolute Gasteiger partial charge is 0.325 e. The van der Waals surface area contributed by atoms with E-state index in [0.717, 1.165) is 0 Å². The first-order valence-electron chi connectivity index (χ1n) is 6.72. The molecule has 6 nitrogen and oxygen atoms in total. The fourth-order valence-corrected chi connectivity index (χ4v) is 1.82. The van der Waals surface area contributed by atoms with E-state index in [9.17, 15) is 9.90 Å². The molecule has 0 saturated heterocycles. The van der Waals surface area contributed by atoms with Gasteiger partial charge in [-0.25, -0.2) is 0 Å². The normalized spacial score (nSPS) is 13.1.